The lowest BCUT2D eigenvalue weighted by Gasteiger charge is -1.88. The third-order valence-corrected chi connectivity index (χ3v) is 2.26. The Morgan fingerprint density at radius 3 is 2.50 bits per heavy atom. The van der Waals surface area contributed by atoms with Gasteiger partial charge in [-0.2, -0.15) is 0 Å². The van der Waals surface area contributed by atoms with E-state index in [9.17, 15) is 0 Å². The van der Waals surface area contributed by atoms with Gasteiger partial charge in [-0.25, -0.2) is 9.97 Å². The minimum atomic E-state index is 0.593. The normalized spacial score (nSPS) is 10.1. The largest absolute Gasteiger partial charge is 0.234 e. The summed E-state index contributed by atoms with van der Waals surface area (Å²) in [6, 6.07) is 1.76. The van der Waals surface area contributed by atoms with E-state index >= 15 is 0 Å². The van der Waals surface area contributed by atoms with Gasteiger partial charge in [0.25, 0.3) is 0 Å². The molecule has 2 heterocycles. The lowest BCUT2D eigenvalue weighted by Crippen LogP contribution is -1.84. The number of thiol groups is 1. The van der Waals surface area contributed by atoms with E-state index in [4.69, 9.17) is 0 Å². The van der Waals surface area contributed by atoms with E-state index in [0.29, 0.717) is 15.2 Å². The molecule has 12 heavy (non-hydrogen) atoms. The molecule has 0 aromatic carbocycles. The van der Waals surface area contributed by atoms with Crippen LogP contribution in [0.5, 0.6) is 0 Å². The van der Waals surface area contributed by atoms with E-state index < -0.39 is 0 Å². The molecule has 0 spiro atoms. The summed E-state index contributed by atoms with van der Waals surface area (Å²) < 4.78 is 0.623. The van der Waals surface area contributed by atoms with Crippen molar-refractivity contribution in [3.05, 3.63) is 18.5 Å². The van der Waals surface area contributed by atoms with Gasteiger partial charge in [0, 0.05) is 12.4 Å². The monoisotopic (exact) mass is 196 g/mol. The fourth-order valence-electron chi connectivity index (χ4n) is 0.715. The SMILES string of the molecule is Sc1nnc(-c2ncccn2)s1. The molecule has 0 aliphatic heterocycles. The highest BCUT2D eigenvalue weighted by Gasteiger charge is 2.05. The van der Waals surface area contributed by atoms with E-state index in [1.807, 2.05) is 0 Å². The molecule has 60 valence electrons. The van der Waals surface area contributed by atoms with Gasteiger partial charge < -0.3 is 0 Å². The lowest BCUT2D eigenvalue weighted by molar-refractivity contribution is 1.00. The van der Waals surface area contributed by atoms with Gasteiger partial charge in [-0.1, -0.05) is 11.3 Å². The quantitative estimate of drug-likeness (QED) is 0.698. The van der Waals surface area contributed by atoms with Crippen LogP contribution in [0.2, 0.25) is 0 Å². The van der Waals surface area contributed by atoms with E-state index in [0.717, 1.165) is 0 Å². The fourth-order valence-corrected chi connectivity index (χ4v) is 1.55. The third kappa shape index (κ3) is 1.44. The van der Waals surface area contributed by atoms with Gasteiger partial charge in [-0.05, 0) is 6.07 Å². The van der Waals surface area contributed by atoms with Gasteiger partial charge in [0.15, 0.2) is 15.2 Å². The molecule has 0 bridgehead atoms. The fraction of sp³-hybridized carbons (Fsp3) is 0. The summed E-state index contributed by atoms with van der Waals surface area (Å²) >= 11 is 5.40. The average Bonchev–Trinajstić information content (AvgIpc) is 2.54. The van der Waals surface area contributed by atoms with Gasteiger partial charge in [0.2, 0.25) is 0 Å². The van der Waals surface area contributed by atoms with Gasteiger partial charge >= 0.3 is 0 Å². The Balaban J connectivity index is 2.45. The van der Waals surface area contributed by atoms with Crippen LogP contribution in [0.15, 0.2) is 22.8 Å². The molecule has 0 saturated carbocycles. The van der Waals surface area contributed by atoms with E-state index in [2.05, 4.69) is 32.8 Å². The van der Waals surface area contributed by atoms with Crippen LogP contribution in [-0.2, 0) is 0 Å². The summed E-state index contributed by atoms with van der Waals surface area (Å²) in [5.41, 5.74) is 0. The smallest absolute Gasteiger partial charge is 0.190 e. The number of hydrogen-bond acceptors (Lipinski definition) is 6. The molecule has 0 unspecified atom stereocenters. The third-order valence-electron chi connectivity index (χ3n) is 1.17. The second kappa shape index (κ2) is 3.16. The molecule has 2 aromatic heterocycles. The minimum Gasteiger partial charge on any atom is -0.234 e. The highest BCUT2D eigenvalue weighted by Crippen LogP contribution is 2.20. The molecule has 0 aliphatic carbocycles. The topological polar surface area (TPSA) is 51.6 Å². The van der Waals surface area contributed by atoms with Crippen LogP contribution in [0, 0.1) is 0 Å². The molecule has 2 aromatic rings. The van der Waals surface area contributed by atoms with E-state index in [-0.39, 0.29) is 0 Å². The highest BCUT2D eigenvalue weighted by atomic mass is 32.2. The van der Waals surface area contributed by atoms with Crippen molar-refractivity contribution in [2.45, 2.75) is 4.34 Å². The van der Waals surface area contributed by atoms with Crippen LogP contribution < -0.4 is 0 Å². The predicted molar refractivity (Wildman–Crippen MR) is 48.2 cm³/mol. The first kappa shape index (κ1) is 7.63. The van der Waals surface area contributed by atoms with Crippen molar-refractivity contribution in [1.29, 1.82) is 0 Å². The first-order valence-electron chi connectivity index (χ1n) is 3.16. The number of hydrogen-bond donors (Lipinski definition) is 1. The summed E-state index contributed by atoms with van der Waals surface area (Å²) in [4.78, 5) is 8.05. The van der Waals surface area contributed by atoms with Gasteiger partial charge in [-0.3, -0.25) is 0 Å². The highest BCUT2D eigenvalue weighted by molar-refractivity contribution is 7.82. The van der Waals surface area contributed by atoms with Crippen molar-refractivity contribution < 1.29 is 0 Å². The van der Waals surface area contributed by atoms with Crippen molar-refractivity contribution in [3.8, 4) is 10.8 Å². The van der Waals surface area contributed by atoms with Crippen molar-refractivity contribution >= 4 is 24.0 Å². The summed E-state index contributed by atoms with van der Waals surface area (Å²) in [5, 5.41) is 8.29. The molecule has 2 rings (SSSR count). The lowest BCUT2D eigenvalue weighted by atomic mass is 10.6. The van der Waals surface area contributed by atoms with Crippen LogP contribution in [0.4, 0.5) is 0 Å². The number of rotatable bonds is 1. The summed E-state index contributed by atoms with van der Waals surface area (Å²) in [5.74, 6) is 0.593. The van der Waals surface area contributed by atoms with Crippen molar-refractivity contribution in [2.75, 3.05) is 0 Å². The molecule has 0 amide bonds. The minimum absolute atomic E-state index is 0.593. The van der Waals surface area contributed by atoms with Gasteiger partial charge in [0.1, 0.15) is 0 Å². The Morgan fingerprint density at radius 1 is 1.17 bits per heavy atom. The second-order valence-corrected chi connectivity index (χ2v) is 3.67. The first-order chi connectivity index (χ1) is 5.86. The van der Waals surface area contributed by atoms with E-state index in [1.54, 1.807) is 18.5 Å². The zero-order valence-electron chi connectivity index (χ0n) is 5.88. The Kier molecular flexibility index (Phi) is 2.01. The molecule has 0 saturated heterocycles. The van der Waals surface area contributed by atoms with Crippen LogP contribution in [0.25, 0.3) is 10.8 Å². The Labute approximate surface area is 78.1 Å². The van der Waals surface area contributed by atoms with Crippen LogP contribution in [-0.4, -0.2) is 20.2 Å². The van der Waals surface area contributed by atoms with Gasteiger partial charge in [0.05, 0.1) is 0 Å². The molecule has 6 heteroatoms. The molecular formula is C6H4N4S2. The second-order valence-electron chi connectivity index (χ2n) is 1.96. The summed E-state index contributed by atoms with van der Waals surface area (Å²) in [7, 11) is 0. The number of nitrogens with zero attached hydrogens (tertiary/aromatic N) is 4. The van der Waals surface area contributed by atoms with Gasteiger partial charge in [-0.15, -0.1) is 22.8 Å². The molecule has 0 fully saturated rings. The maximum Gasteiger partial charge on any atom is 0.190 e. The molecule has 0 radical (unpaired) electrons. The molecule has 0 atom stereocenters. The summed E-state index contributed by atoms with van der Waals surface area (Å²) in [6.45, 7) is 0. The zero-order chi connectivity index (χ0) is 8.39. The molecule has 4 nitrogen and oxygen atoms in total. The molecule has 0 aliphatic rings. The van der Waals surface area contributed by atoms with Crippen molar-refractivity contribution in [3.63, 3.8) is 0 Å². The first-order valence-corrected chi connectivity index (χ1v) is 4.42. The number of aromatic nitrogens is 4. The Morgan fingerprint density at radius 2 is 1.92 bits per heavy atom. The van der Waals surface area contributed by atoms with Crippen LogP contribution in [0.1, 0.15) is 0 Å². The Bertz CT molecular complexity index is 372. The predicted octanol–water partition coefficient (Wildman–Crippen LogP) is 1.28. The van der Waals surface area contributed by atoms with Crippen LogP contribution >= 0.6 is 24.0 Å². The summed E-state index contributed by atoms with van der Waals surface area (Å²) in [6.07, 6.45) is 3.34. The van der Waals surface area contributed by atoms with Crippen LogP contribution in [0.3, 0.4) is 0 Å². The zero-order valence-corrected chi connectivity index (χ0v) is 7.59. The van der Waals surface area contributed by atoms with Crippen molar-refractivity contribution in [2.24, 2.45) is 0 Å². The standard InChI is InChI=1S/C6H4N4S2/c11-6-10-9-5(12-6)4-7-2-1-3-8-4/h1-3H,(H,10,11). The Hall–Kier alpha value is -1.01. The maximum atomic E-state index is 4.04. The maximum absolute atomic E-state index is 4.04. The van der Waals surface area contributed by atoms with E-state index in [1.165, 1.54) is 11.3 Å². The molecule has 0 N–H and O–H groups in total. The average molecular weight is 196 g/mol. The molecular weight excluding hydrogens is 192 g/mol. The van der Waals surface area contributed by atoms with Crippen molar-refractivity contribution in [1.82, 2.24) is 20.2 Å².